The Bertz CT molecular complexity index is 784. The number of amides is 2. The number of benzene rings is 2. The van der Waals surface area contributed by atoms with Gasteiger partial charge in [-0.2, -0.15) is 0 Å². The zero-order chi connectivity index (χ0) is 20.5. The number of nitrogens with one attached hydrogen (secondary N) is 1. The van der Waals surface area contributed by atoms with Gasteiger partial charge in [-0.15, -0.1) is 0 Å². The first-order valence-electron chi connectivity index (χ1n) is 10.5. The van der Waals surface area contributed by atoms with Crippen LogP contribution in [-0.4, -0.2) is 42.5 Å². The molecule has 2 aromatic carbocycles. The van der Waals surface area contributed by atoms with Crippen molar-refractivity contribution in [3.63, 3.8) is 0 Å². The summed E-state index contributed by atoms with van der Waals surface area (Å²) in [5.74, 6) is 0.674. The summed E-state index contributed by atoms with van der Waals surface area (Å²) in [5, 5.41) is 2.99. The Hall–Kier alpha value is -2.82. The van der Waals surface area contributed by atoms with Crippen LogP contribution in [0, 0.1) is 0 Å². The minimum Gasteiger partial charge on any atom is -0.494 e. The summed E-state index contributed by atoms with van der Waals surface area (Å²) in [6.45, 7) is 4.10. The van der Waals surface area contributed by atoms with Gasteiger partial charge in [0.25, 0.3) is 0 Å². The van der Waals surface area contributed by atoms with Crippen LogP contribution in [0.4, 0.5) is 0 Å². The largest absolute Gasteiger partial charge is 0.494 e. The molecule has 154 valence electrons. The number of hydrogen-bond acceptors (Lipinski definition) is 3. The Morgan fingerprint density at radius 2 is 1.66 bits per heavy atom. The van der Waals surface area contributed by atoms with Gasteiger partial charge in [0.05, 0.1) is 13.0 Å². The minimum atomic E-state index is -0.536. The molecule has 0 saturated carbocycles. The third-order valence-electron chi connectivity index (χ3n) is 5.18. The van der Waals surface area contributed by atoms with Crippen LogP contribution in [0.2, 0.25) is 0 Å². The Balaban J connectivity index is 1.66. The zero-order valence-electron chi connectivity index (χ0n) is 17.1. The highest BCUT2D eigenvalue weighted by atomic mass is 16.5. The standard InChI is InChI=1S/C24H30N2O3/c1-2-29-21-13-11-20(12-14-21)18-23(27)25-22(17-19-9-5-3-6-10-19)24(28)26-15-7-4-8-16-26/h3,5-6,9-14,22H,2,4,7-8,15-18H2,1H3,(H,25,27)/t22-/m0/s1. The predicted octanol–water partition coefficient (Wildman–Crippen LogP) is 3.37. The van der Waals surface area contributed by atoms with Crippen LogP contribution in [0.3, 0.4) is 0 Å². The first-order valence-corrected chi connectivity index (χ1v) is 10.5. The van der Waals surface area contributed by atoms with Gasteiger partial charge in [-0.05, 0) is 49.4 Å². The number of likely N-dealkylation sites (tertiary alicyclic amines) is 1. The van der Waals surface area contributed by atoms with E-state index >= 15 is 0 Å². The minimum absolute atomic E-state index is 0.0218. The molecule has 5 nitrogen and oxygen atoms in total. The number of rotatable bonds is 8. The highest BCUT2D eigenvalue weighted by Crippen LogP contribution is 2.14. The molecule has 0 bridgehead atoms. The lowest BCUT2D eigenvalue weighted by molar-refractivity contribution is -0.137. The van der Waals surface area contributed by atoms with Crippen molar-refractivity contribution in [1.29, 1.82) is 0 Å². The highest BCUT2D eigenvalue weighted by Gasteiger charge is 2.27. The molecule has 5 heteroatoms. The van der Waals surface area contributed by atoms with Crippen LogP contribution in [0.15, 0.2) is 54.6 Å². The molecule has 0 aromatic heterocycles. The molecule has 0 aliphatic carbocycles. The van der Waals surface area contributed by atoms with E-state index in [0.717, 1.165) is 49.2 Å². The maximum absolute atomic E-state index is 13.1. The second kappa shape index (κ2) is 10.6. The van der Waals surface area contributed by atoms with Gasteiger partial charge >= 0.3 is 0 Å². The van der Waals surface area contributed by atoms with Crippen LogP contribution in [0.25, 0.3) is 0 Å². The molecule has 1 fully saturated rings. The van der Waals surface area contributed by atoms with E-state index in [4.69, 9.17) is 4.74 Å². The summed E-state index contributed by atoms with van der Waals surface area (Å²) >= 11 is 0. The van der Waals surface area contributed by atoms with Crippen molar-refractivity contribution < 1.29 is 14.3 Å². The Morgan fingerprint density at radius 3 is 2.31 bits per heavy atom. The molecule has 0 radical (unpaired) electrons. The summed E-state index contributed by atoms with van der Waals surface area (Å²) in [7, 11) is 0. The fourth-order valence-corrected chi connectivity index (χ4v) is 3.69. The van der Waals surface area contributed by atoms with Crippen molar-refractivity contribution in [2.24, 2.45) is 0 Å². The van der Waals surface area contributed by atoms with Crippen LogP contribution < -0.4 is 10.1 Å². The molecule has 0 spiro atoms. The van der Waals surface area contributed by atoms with Gasteiger partial charge in [0.2, 0.25) is 11.8 Å². The van der Waals surface area contributed by atoms with E-state index in [1.54, 1.807) is 0 Å². The van der Waals surface area contributed by atoms with E-state index in [2.05, 4.69) is 5.32 Å². The monoisotopic (exact) mass is 394 g/mol. The summed E-state index contributed by atoms with van der Waals surface area (Å²) in [5.41, 5.74) is 1.94. The molecule has 3 rings (SSSR count). The van der Waals surface area contributed by atoms with Crippen molar-refractivity contribution in [3.8, 4) is 5.75 Å². The number of piperidine rings is 1. The van der Waals surface area contributed by atoms with Crippen LogP contribution in [0.1, 0.15) is 37.3 Å². The maximum atomic E-state index is 13.1. The van der Waals surface area contributed by atoms with Gasteiger partial charge in [0, 0.05) is 19.5 Å². The molecule has 29 heavy (non-hydrogen) atoms. The summed E-state index contributed by atoms with van der Waals surface area (Å²) < 4.78 is 5.44. The molecule has 2 amide bonds. The molecule has 1 aliphatic heterocycles. The highest BCUT2D eigenvalue weighted by molar-refractivity contribution is 5.88. The van der Waals surface area contributed by atoms with Crippen molar-refractivity contribution >= 4 is 11.8 Å². The fraction of sp³-hybridized carbons (Fsp3) is 0.417. The molecular weight excluding hydrogens is 364 g/mol. The first kappa shape index (κ1) is 20.9. The van der Waals surface area contributed by atoms with Gasteiger partial charge in [0.1, 0.15) is 11.8 Å². The predicted molar refractivity (Wildman–Crippen MR) is 114 cm³/mol. The van der Waals surface area contributed by atoms with E-state index in [-0.39, 0.29) is 18.2 Å². The average Bonchev–Trinajstić information content (AvgIpc) is 2.76. The molecule has 1 N–H and O–H groups in total. The number of ether oxygens (including phenoxy) is 1. The molecule has 2 aromatic rings. The van der Waals surface area contributed by atoms with Crippen molar-refractivity contribution in [2.75, 3.05) is 19.7 Å². The number of nitrogens with zero attached hydrogens (tertiary/aromatic N) is 1. The van der Waals surface area contributed by atoms with E-state index in [1.165, 1.54) is 0 Å². The second-order valence-electron chi connectivity index (χ2n) is 7.45. The topological polar surface area (TPSA) is 58.6 Å². The SMILES string of the molecule is CCOc1ccc(CC(=O)N[C@@H](Cc2ccccc2)C(=O)N2CCCCC2)cc1. The number of carbonyl (C=O) groups is 2. The lowest BCUT2D eigenvalue weighted by atomic mass is 10.0. The van der Waals surface area contributed by atoms with Gasteiger partial charge in [0.15, 0.2) is 0 Å². The normalized spacial score (nSPS) is 14.9. The second-order valence-corrected chi connectivity index (χ2v) is 7.45. The van der Waals surface area contributed by atoms with E-state index in [9.17, 15) is 9.59 Å². The van der Waals surface area contributed by atoms with E-state index in [1.807, 2.05) is 66.4 Å². The van der Waals surface area contributed by atoms with Crippen molar-refractivity contribution in [1.82, 2.24) is 10.2 Å². The van der Waals surface area contributed by atoms with Gasteiger partial charge in [-0.3, -0.25) is 9.59 Å². The summed E-state index contributed by atoms with van der Waals surface area (Å²) in [4.78, 5) is 27.7. The fourth-order valence-electron chi connectivity index (χ4n) is 3.69. The third kappa shape index (κ3) is 6.34. The van der Waals surface area contributed by atoms with Crippen LogP contribution in [0.5, 0.6) is 5.75 Å². The van der Waals surface area contributed by atoms with Gasteiger partial charge in [-0.25, -0.2) is 0 Å². The average molecular weight is 395 g/mol. The van der Waals surface area contributed by atoms with Gasteiger partial charge < -0.3 is 15.0 Å². The van der Waals surface area contributed by atoms with Crippen molar-refractivity contribution in [2.45, 2.75) is 45.1 Å². The summed E-state index contributed by atoms with van der Waals surface area (Å²) in [6, 6.07) is 16.8. The molecule has 1 aliphatic rings. The van der Waals surface area contributed by atoms with E-state index < -0.39 is 6.04 Å². The molecule has 1 heterocycles. The molecular formula is C24H30N2O3. The zero-order valence-corrected chi connectivity index (χ0v) is 17.1. The molecule has 1 saturated heterocycles. The first-order chi connectivity index (χ1) is 14.2. The maximum Gasteiger partial charge on any atom is 0.245 e. The molecule has 0 unspecified atom stereocenters. The number of hydrogen-bond donors (Lipinski definition) is 1. The Kier molecular flexibility index (Phi) is 7.68. The Morgan fingerprint density at radius 1 is 0.966 bits per heavy atom. The van der Waals surface area contributed by atoms with E-state index in [0.29, 0.717) is 13.0 Å². The molecule has 1 atom stereocenters. The van der Waals surface area contributed by atoms with Crippen LogP contribution in [-0.2, 0) is 22.4 Å². The Labute approximate surface area is 173 Å². The number of carbonyl (C=O) groups excluding carboxylic acids is 2. The quantitative estimate of drug-likeness (QED) is 0.747. The summed E-state index contributed by atoms with van der Waals surface area (Å²) in [6.07, 6.45) is 3.97. The lowest BCUT2D eigenvalue weighted by Gasteiger charge is -2.31. The third-order valence-corrected chi connectivity index (χ3v) is 5.18. The van der Waals surface area contributed by atoms with Gasteiger partial charge in [-0.1, -0.05) is 42.5 Å². The van der Waals surface area contributed by atoms with Crippen molar-refractivity contribution in [3.05, 3.63) is 65.7 Å². The lowest BCUT2D eigenvalue weighted by Crippen LogP contribution is -2.51. The van der Waals surface area contributed by atoms with Crippen LogP contribution >= 0.6 is 0 Å². The smallest absolute Gasteiger partial charge is 0.245 e.